The van der Waals surface area contributed by atoms with E-state index in [1.54, 1.807) is 30.3 Å². The van der Waals surface area contributed by atoms with E-state index >= 15 is 0 Å². The zero-order valence-corrected chi connectivity index (χ0v) is 17.4. The number of nitrogens with one attached hydrogen (secondary N) is 1. The van der Waals surface area contributed by atoms with Crippen LogP contribution in [0.5, 0.6) is 0 Å². The van der Waals surface area contributed by atoms with Crippen molar-refractivity contribution in [3.8, 4) is 0 Å². The van der Waals surface area contributed by atoms with E-state index in [9.17, 15) is 9.59 Å². The molecule has 3 aromatic heterocycles. The maximum Gasteiger partial charge on any atom is 0.332 e. The second kappa shape index (κ2) is 8.25. The smallest absolute Gasteiger partial charge is 0.323 e. The standard InChI is InChI=1S/C21H21ClN6O2/c1-26-19-18(20(29)27(2)21(26)30)28(13-25-19)12-11-24-17(15-7-9-23-10-8-15)14-3-5-16(22)6-4-14/h3-10,13,17,24H,11-12H2,1-2H3. The van der Waals surface area contributed by atoms with Gasteiger partial charge in [-0.3, -0.25) is 18.9 Å². The Bertz CT molecular complexity index is 1290. The van der Waals surface area contributed by atoms with Gasteiger partial charge in [0, 0.05) is 44.6 Å². The van der Waals surface area contributed by atoms with Crippen molar-refractivity contribution in [2.75, 3.05) is 6.54 Å². The normalized spacial score (nSPS) is 12.4. The van der Waals surface area contributed by atoms with Crippen LogP contribution in [0.2, 0.25) is 5.02 Å². The van der Waals surface area contributed by atoms with Crippen molar-refractivity contribution >= 4 is 22.8 Å². The van der Waals surface area contributed by atoms with E-state index in [-0.39, 0.29) is 11.6 Å². The van der Waals surface area contributed by atoms with Crippen molar-refractivity contribution in [1.82, 2.24) is 29.0 Å². The molecular formula is C21H21ClN6O2. The molecular weight excluding hydrogens is 404 g/mol. The highest BCUT2D eigenvalue weighted by atomic mass is 35.5. The predicted molar refractivity (Wildman–Crippen MR) is 116 cm³/mol. The molecule has 1 aromatic carbocycles. The molecule has 1 atom stereocenters. The lowest BCUT2D eigenvalue weighted by Crippen LogP contribution is -2.37. The van der Waals surface area contributed by atoms with Gasteiger partial charge < -0.3 is 9.88 Å². The van der Waals surface area contributed by atoms with Crippen LogP contribution in [0.15, 0.2) is 64.7 Å². The van der Waals surface area contributed by atoms with E-state index in [1.165, 1.54) is 11.6 Å². The Labute approximate surface area is 177 Å². The topological polar surface area (TPSA) is 86.7 Å². The van der Waals surface area contributed by atoms with E-state index < -0.39 is 5.69 Å². The van der Waals surface area contributed by atoms with Gasteiger partial charge in [0.25, 0.3) is 5.56 Å². The van der Waals surface area contributed by atoms with Gasteiger partial charge in [-0.2, -0.15) is 0 Å². The fraction of sp³-hybridized carbons (Fsp3) is 0.238. The molecule has 0 saturated heterocycles. The third-order valence-corrected chi connectivity index (χ3v) is 5.41. The summed E-state index contributed by atoms with van der Waals surface area (Å²) >= 11 is 6.04. The molecule has 0 amide bonds. The molecule has 0 fully saturated rings. The number of aromatic nitrogens is 5. The summed E-state index contributed by atoms with van der Waals surface area (Å²) in [7, 11) is 3.08. The second-order valence-electron chi connectivity index (χ2n) is 7.04. The van der Waals surface area contributed by atoms with Gasteiger partial charge in [-0.15, -0.1) is 0 Å². The summed E-state index contributed by atoms with van der Waals surface area (Å²) in [6.07, 6.45) is 5.11. The molecule has 3 heterocycles. The van der Waals surface area contributed by atoms with Gasteiger partial charge in [0.15, 0.2) is 11.2 Å². The summed E-state index contributed by atoms with van der Waals surface area (Å²) in [5, 5.41) is 4.22. The first-order chi connectivity index (χ1) is 14.5. The number of pyridine rings is 1. The predicted octanol–water partition coefficient (Wildman–Crippen LogP) is 1.86. The summed E-state index contributed by atoms with van der Waals surface area (Å²) < 4.78 is 4.26. The van der Waals surface area contributed by atoms with Crippen molar-refractivity contribution in [2.45, 2.75) is 12.6 Å². The van der Waals surface area contributed by atoms with Crippen LogP contribution in [0.25, 0.3) is 11.2 Å². The van der Waals surface area contributed by atoms with Crippen LogP contribution < -0.4 is 16.6 Å². The van der Waals surface area contributed by atoms with Crippen molar-refractivity contribution in [3.63, 3.8) is 0 Å². The first kappa shape index (κ1) is 20.1. The van der Waals surface area contributed by atoms with Crippen LogP contribution in [0, 0.1) is 0 Å². The average Bonchev–Trinajstić information content (AvgIpc) is 3.19. The first-order valence-electron chi connectivity index (χ1n) is 9.47. The maximum atomic E-state index is 12.6. The third kappa shape index (κ3) is 3.67. The molecule has 4 aromatic rings. The average molecular weight is 425 g/mol. The van der Waals surface area contributed by atoms with Crippen LogP contribution >= 0.6 is 11.6 Å². The van der Waals surface area contributed by atoms with Crippen LogP contribution in [0.3, 0.4) is 0 Å². The van der Waals surface area contributed by atoms with E-state index in [0.717, 1.165) is 15.7 Å². The molecule has 0 bridgehead atoms. The minimum atomic E-state index is -0.392. The number of hydrogen-bond acceptors (Lipinski definition) is 5. The van der Waals surface area contributed by atoms with E-state index in [2.05, 4.69) is 15.3 Å². The molecule has 1 unspecified atom stereocenters. The number of benzene rings is 1. The van der Waals surface area contributed by atoms with Crippen LogP contribution in [-0.2, 0) is 20.6 Å². The molecule has 30 heavy (non-hydrogen) atoms. The fourth-order valence-corrected chi connectivity index (χ4v) is 3.66. The fourth-order valence-electron chi connectivity index (χ4n) is 3.54. The number of imidazole rings is 1. The molecule has 0 aliphatic carbocycles. The number of aryl methyl sites for hydroxylation is 1. The van der Waals surface area contributed by atoms with Crippen LogP contribution in [-0.4, -0.2) is 30.2 Å². The van der Waals surface area contributed by atoms with Gasteiger partial charge in [-0.25, -0.2) is 9.78 Å². The van der Waals surface area contributed by atoms with Gasteiger partial charge in [-0.05, 0) is 35.4 Å². The Morgan fingerprint density at radius 2 is 1.67 bits per heavy atom. The molecule has 8 nitrogen and oxygen atoms in total. The zero-order chi connectivity index (χ0) is 21.3. The number of nitrogens with zero attached hydrogens (tertiary/aromatic N) is 5. The number of fused-ring (bicyclic) bond motifs is 1. The van der Waals surface area contributed by atoms with Crippen molar-refractivity contribution < 1.29 is 0 Å². The zero-order valence-electron chi connectivity index (χ0n) is 16.6. The molecule has 0 radical (unpaired) electrons. The number of hydrogen-bond donors (Lipinski definition) is 1. The lowest BCUT2D eigenvalue weighted by atomic mass is 10.00. The minimum absolute atomic E-state index is 0.0627. The SMILES string of the molecule is Cn1c(=O)c2c(ncn2CCNC(c2ccncc2)c2ccc(Cl)cc2)n(C)c1=O. The van der Waals surface area contributed by atoms with Crippen molar-refractivity contribution in [3.05, 3.63) is 92.1 Å². The first-order valence-corrected chi connectivity index (χ1v) is 9.85. The molecule has 0 saturated carbocycles. The number of halogens is 1. The summed E-state index contributed by atoms with van der Waals surface area (Å²) in [5.74, 6) is 0. The molecule has 9 heteroatoms. The highest BCUT2D eigenvalue weighted by Crippen LogP contribution is 2.23. The largest absolute Gasteiger partial charge is 0.332 e. The summed E-state index contributed by atoms with van der Waals surface area (Å²) in [6.45, 7) is 1.09. The van der Waals surface area contributed by atoms with Gasteiger partial charge in [0.2, 0.25) is 0 Å². The molecule has 154 valence electrons. The monoisotopic (exact) mass is 424 g/mol. The van der Waals surface area contributed by atoms with E-state index in [4.69, 9.17) is 11.6 Å². The van der Waals surface area contributed by atoms with Gasteiger partial charge >= 0.3 is 5.69 Å². The third-order valence-electron chi connectivity index (χ3n) is 5.16. The molecule has 1 N–H and O–H groups in total. The Morgan fingerprint density at radius 3 is 2.37 bits per heavy atom. The Morgan fingerprint density at radius 1 is 1.00 bits per heavy atom. The minimum Gasteiger partial charge on any atom is -0.323 e. The summed E-state index contributed by atoms with van der Waals surface area (Å²) in [4.78, 5) is 33.1. The second-order valence-corrected chi connectivity index (χ2v) is 7.47. The van der Waals surface area contributed by atoms with Crippen LogP contribution in [0.4, 0.5) is 0 Å². The molecule has 4 rings (SSSR count). The molecule has 0 aliphatic rings. The van der Waals surface area contributed by atoms with Gasteiger partial charge in [-0.1, -0.05) is 23.7 Å². The quantitative estimate of drug-likeness (QED) is 0.510. The highest BCUT2D eigenvalue weighted by molar-refractivity contribution is 6.30. The Hall–Kier alpha value is -3.23. The van der Waals surface area contributed by atoms with Crippen molar-refractivity contribution in [2.24, 2.45) is 14.1 Å². The van der Waals surface area contributed by atoms with Gasteiger partial charge in [0.1, 0.15) is 0 Å². The van der Waals surface area contributed by atoms with Crippen molar-refractivity contribution in [1.29, 1.82) is 0 Å². The lowest BCUT2D eigenvalue weighted by molar-refractivity contribution is 0.555. The summed E-state index contributed by atoms with van der Waals surface area (Å²) in [6, 6.07) is 11.6. The lowest BCUT2D eigenvalue weighted by Gasteiger charge is -2.20. The highest BCUT2D eigenvalue weighted by Gasteiger charge is 2.16. The van der Waals surface area contributed by atoms with Crippen LogP contribution in [0.1, 0.15) is 17.2 Å². The molecule has 0 spiro atoms. The van der Waals surface area contributed by atoms with Gasteiger partial charge in [0.05, 0.1) is 12.4 Å². The summed E-state index contributed by atoms with van der Waals surface area (Å²) in [5.41, 5.74) is 2.19. The Kier molecular flexibility index (Phi) is 5.52. The number of rotatable bonds is 6. The Balaban J connectivity index is 1.61. The maximum absolute atomic E-state index is 12.6. The molecule has 0 aliphatic heterocycles. The van der Waals surface area contributed by atoms with E-state index in [0.29, 0.717) is 29.3 Å². The van der Waals surface area contributed by atoms with E-state index in [1.807, 2.05) is 36.4 Å².